The molecule has 1 aromatic carbocycles. The normalized spacial score (nSPS) is 11.0. The highest BCUT2D eigenvalue weighted by atomic mass is 32.2. The highest BCUT2D eigenvalue weighted by molar-refractivity contribution is 7.98. The van der Waals surface area contributed by atoms with Crippen molar-refractivity contribution in [2.45, 2.75) is 17.8 Å². The fourth-order valence-electron chi connectivity index (χ4n) is 2.36. The highest BCUT2D eigenvalue weighted by Gasteiger charge is 2.18. The van der Waals surface area contributed by atoms with Gasteiger partial charge in [0, 0.05) is 26.0 Å². The van der Waals surface area contributed by atoms with Gasteiger partial charge < -0.3 is 9.30 Å². The molecule has 23 heavy (non-hydrogen) atoms. The van der Waals surface area contributed by atoms with E-state index in [-0.39, 0.29) is 0 Å². The largest absolute Gasteiger partial charge is 0.479 e. The van der Waals surface area contributed by atoms with E-state index in [0.29, 0.717) is 5.88 Å². The van der Waals surface area contributed by atoms with Crippen LogP contribution in [0.4, 0.5) is 0 Å². The third-order valence-corrected chi connectivity index (χ3v) is 4.75. The van der Waals surface area contributed by atoms with Crippen LogP contribution in [0.1, 0.15) is 11.1 Å². The van der Waals surface area contributed by atoms with Crippen LogP contribution in [-0.4, -0.2) is 31.7 Å². The maximum atomic E-state index is 5.31. The first kappa shape index (κ1) is 15.6. The van der Waals surface area contributed by atoms with Gasteiger partial charge in [0.15, 0.2) is 11.0 Å². The van der Waals surface area contributed by atoms with E-state index < -0.39 is 0 Å². The summed E-state index contributed by atoms with van der Waals surface area (Å²) in [4.78, 5) is 0. The van der Waals surface area contributed by atoms with E-state index in [1.165, 1.54) is 11.1 Å². The Morgan fingerprint density at radius 1 is 1.17 bits per heavy atom. The lowest BCUT2D eigenvalue weighted by atomic mass is 10.1. The van der Waals surface area contributed by atoms with Gasteiger partial charge in [0.1, 0.15) is 5.56 Å². The first-order valence-corrected chi connectivity index (χ1v) is 8.23. The molecule has 0 atom stereocenters. The first-order valence-electron chi connectivity index (χ1n) is 7.25. The topological polar surface area (TPSA) is 57.8 Å². The number of hydrogen-bond acceptors (Lipinski definition) is 5. The molecule has 0 aliphatic heterocycles. The van der Waals surface area contributed by atoms with Crippen molar-refractivity contribution in [1.82, 2.24) is 24.5 Å². The quantitative estimate of drug-likeness (QED) is 0.674. The summed E-state index contributed by atoms with van der Waals surface area (Å²) in [6.45, 7) is 2.12. The van der Waals surface area contributed by atoms with Gasteiger partial charge in [-0.2, -0.15) is 0 Å². The van der Waals surface area contributed by atoms with Crippen LogP contribution in [0.2, 0.25) is 0 Å². The molecule has 0 bridgehead atoms. The van der Waals surface area contributed by atoms with Gasteiger partial charge in [-0.3, -0.25) is 4.68 Å². The van der Waals surface area contributed by atoms with E-state index in [4.69, 9.17) is 4.74 Å². The SMILES string of the molecule is COc1nn(C)cc1-c1nnc(SCc2ccccc2C)n1C. The molecule has 0 amide bonds. The number of aryl methyl sites for hydroxylation is 2. The van der Waals surface area contributed by atoms with E-state index in [1.807, 2.05) is 24.9 Å². The van der Waals surface area contributed by atoms with E-state index in [1.54, 1.807) is 23.6 Å². The zero-order valence-electron chi connectivity index (χ0n) is 13.6. The number of nitrogens with zero attached hydrogens (tertiary/aromatic N) is 5. The molecule has 0 spiro atoms. The number of hydrogen-bond donors (Lipinski definition) is 0. The van der Waals surface area contributed by atoms with Gasteiger partial charge in [-0.15, -0.1) is 15.3 Å². The average molecular weight is 329 g/mol. The summed E-state index contributed by atoms with van der Waals surface area (Å²) in [6, 6.07) is 8.38. The molecule has 0 aliphatic rings. The summed E-state index contributed by atoms with van der Waals surface area (Å²) in [6.07, 6.45) is 1.89. The van der Waals surface area contributed by atoms with Crippen LogP contribution >= 0.6 is 11.8 Å². The van der Waals surface area contributed by atoms with Gasteiger partial charge in [0.25, 0.3) is 0 Å². The minimum atomic E-state index is 0.554. The second-order valence-corrected chi connectivity index (χ2v) is 6.25. The molecule has 0 aliphatic carbocycles. The number of aromatic nitrogens is 5. The third-order valence-electron chi connectivity index (χ3n) is 3.68. The Labute approximate surface area is 139 Å². The lowest BCUT2D eigenvalue weighted by molar-refractivity contribution is 0.393. The van der Waals surface area contributed by atoms with Gasteiger partial charge >= 0.3 is 0 Å². The average Bonchev–Trinajstić information content (AvgIpc) is 3.09. The molecule has 3 rings (SSSR count). The Morgan fingerprint density at radius 2 is 1.96 bits per heavy atom. The Morgan fingerprint density at radius 3 is 2.70 bits per heavy atom. The van der Waals surface area contributed by atoms with Crippen molar-refractivity contribution in [3.05, 3.63) is 41.6 Å². The molecule has 0 radical (unpaired) electrons. The minimum absolute atomic E-state index is 0.554. The van der Waals surface area contributed by atoms with Crippen molar-refractivity contribution in [3.63, 3.8) is 0 Å². The molecular formula is C16H19N5OS. The second kappa shape index (κ2) is 6.45. The molecule has 0 unspecified atom stereocenters. The van der Waals surface area contributed by atoms with E-state index in [0.717, 1.165) is 22.3 Å². The van der Waals surface area contributed by atoms with Gasteiger partial charge in [-0.25, -0.2) is 0 Å². The number of ether oxygens (including phenoxy) is 1. The van der Waals surface area contributed by atoms with E-state index >= 15 is 0 Å². The van der Waals surface area contributed by atoms with Gasteiger partial charge in [0.2, 0.25) is 5.88 Å². The van der Waals surface area contributed by atoms with E-state index in [9.17, 15) is 0 Å². The minimum Gasteiger partial charge on any atom is -0.479 e. The summed E-state index contributed by atoms with van der Waals surface area (Å²) in [5, 5.41) is 13.7. The van der Waals surface area contributed by atoms with Crippen molar-refractivity contribution in [1.29, 1.82) is 0 Å². The molecule has 3 aromatic rings. The standard InChI is InChI=1S/C16H19N5OS/c1-11-7-5-6-8-12(11)10-23-16-18-17-14(21(16)3)13-9-20(2)19-15(13)22-4/h5-9H,10H2,1-4H3. The fraction of sp³-hybridized carbons (Fsp3) is 0.312. The Bertz CT molecular complexity index is 824. The van der Waals surface area contributed by atoms with Gasteiger partial charge in [-0.05, 0) is 18.1 Å². The Balaban J connectivity index is 1.83. The molecule has 2 heterocycles. The maximum Gasteiger partial charge on any atom is 0.243 e. The number of methoxy groups -OCH3 is 1. The molecule has 2 aromatic heterocycles. The molecule has 6 nitrogen and oxygen atoms in total. The zero-order valence-corrected chi connectivity index (χ0v) is 14.5. The number of thioether (sulfide) groups is 1. The number of benzene rings is 1. The van der Waals surface area contributed by atoms with Gasteiger partial charge in [0.05, 0.1) is 7.11 Å². The molecular weight excluding hydrogens is 310 g/mol. The monoisotopic (exact) mass is 329 g/mol. The molecule has 0 saturated carbocycles. The van der Waals surface area contributed by atoms with E-state index in [2.05, 4.69) is 46.5 Å². The van der Waals surface area contributed by atoms with Gasteiger partial charge in [-0.1, -0.05) is 36.0 Å². The highest BCUT2D eigenvalue weighted by Crippen LogP contribution is 2.30. The first-order chi connectivity index (χ1) is 11.1. The molecule has 0 fully saturated rings. The summed E-state index contributed by atoms with van der Waals surface area (Å²) >= 11 is 1.67. The predicted molar refractivity (Wildman–Crippen MR) is 90.5 cm³/mol. The molecule has 0 saturated heterocycles. The lowest BCUT2D eigenvalue weighted by Crippen LogP contribution is -1.96. The van der Waals surface area contributed by atoms with Crippen LogP contribution in [0.5, 0.6) is 5.88 Å². The maximum absolute atomic E-state index is 5.31. The van der Waals surface area contributed by atoms with Crippen LogP contribution in [0, 0.1) is 6.92 Å². The van der Waals surface area contributed by atoms with Crippen molar-refractivity contribution >= 4 is 11.8 Å². The van der Waals surface area contributed by atoms with Crippen LogP contribution < -0.4 is 4.74 Å². The summed E-state index contributed by atoms with van der Waals surface area (Å²) in [5.41, 5.74) is 3.44. The van der Waals surface area contributed by atoms with Crippen LogP contribution in [0.15, 0.2) is 35.6 Å². The summed E-state index contributed by atoms with van der Waals surface area (Å²) < 4.78 is 9.00. The van der Waals surface area contributed by atoms with Crippen LogP contribution in [0.3, 0.4) is 0 Å². The van der Waals surface area contributed by atoms with Crippen molar-refractivity contribution in [2.24, 2.45) is 14.1 Å². The lowest BCUT2D eigenvalue weighted by Gasteiger charge is -2.05. The predicted octanol–water partition coefficient (Wildman–Crippen LogP) is 2.82. The smallest absolute Gasteiger partial charge is 0.243 e. The van der Waals surface area contributed by atoms with Crippen molar-refractivity contribution < 1.29 is 4.74 Å². The van der Waals surface area contributed by atoms with Crippen LogP contribution in [0.25, 0.3) is 11.4 Å². The third kappa shape index (κ3) is 3.10. The second-order valence-electron chi connectivity index (χ2n) is 5.31. The van der Waals surface area contributed by atoms with Crippen molar-refractivity contribution in [3.8, 4) is 17.3 Å². The van der Waals surface area contributed by atoms with Crippen molar-refractivity contribution in [2.75, 3.05) is 7.11 Å². The summed E-state index contributed by atoms with van der Waals surface area (Å²) in [7, 11) is 5.42. The summed E-state index contributed by atoms with van der Waals surface area (Å²) in [5.74, 6) is 2.17. The molecule has 0 N–H and O–H groups in total. The number of rotatable bonds is 5. The van der Waals surface area contributed by atoms with Crippen LogP contribution in [-0.2, 0) is 19.8 Å². The Kier molecular flexibility index (Phi) is 4.38. The molecule has 7 heteroatoms. The Hall–Kier alpha value is -2.28. The molecule has 120 valence electrons. The fourth-order valence-corrected chi connectivity index (χ4v) is 3.35. The zero-order chi connectivity index (χ0) is 16.4.